The number of rotatable bonds is 3. The lowest BCUT2D eigenvalue weighted by Gasteiger charge is -2.07. The Bertz CT molecular complexity index is 710. The van der Waals surface area contributed by atoms with Crippen molar-refractivity contribution in [2.45, 2.75) is 11.8 Å². The quantitative estimate of drug-likeness (QED) is 0.877. The molecule has 100 valence electrons. The molecule has 1 N–H and O–H groups in total. The molecule has 0 aliphatic heterocycles. The molecule has 0 saturated heterocycles. The van der Waals surface area contributed by atoms with E-state index in [-0.39, 0.29) is 10.6 Å². The molecule has 0 aliphatic carbocycles. The van der Waals surface area contributed by atoms with Crippen molar-refractivity contribution in [2.24, 2.45) is 0 Å². The van der Waals surface area contributed by atoms with Crippen LogP contribution in [-0.4, -0.2) is 19.5 Å². The van der Waals surface area contributed by atoms with Crippen molar-refractivity contribution < 1.29 is 17.7 Å². The average Bonchev–Trinajstić information content (AvgIpc) is 2.84. The summed E-state index contributed by atoms with van der Waals surface area (Å²) in [6.45, 7) is 1.66. The third-order valence-corrected chi connectivity index (χ3v) is 3.75. The van der Waals surface area contributed by atoms with E-state index >= 15 is 0 Å². The molecule has 2 aromatic rings. The zero-order chi connectivity index (χ0) is 14.0. The van der Waals surface area contributed by atoms with Gasteiger partial charge in [-0.2, -0.15) is 0 Å². The van der Waals surface area contributed by atoms with E-state index in [1.807, 2.05) is 0 Å². The maximum Gasteiger partial charge on any atom is 0.277 e. The lowest BCUT2D eigenvalue weighted by Crippen LogP contribution is -2.13. The van der Waals surface area contributed by atoms with Gasteiger partial charge in [-0.1, -0.05) is 5.16 Å². The second-order valence-corrected chi connectivity index (χ2v) is 6.32. The molecule has 0 radical (unpaired) electrons. The molecule has 1 amide bonds. The lowest BCUT2D eigenvalue weighted by molar-refractivity contribution is 0.101. The van der Waals surface area contributed by atoms with Crippen molar-refractivity contribution in [1.82, 2.24) is 5.16 Å². The lowest BCUT2D eigenvalue weighted by atomic mass is 10.2. The second kappa shape index (κ2) is 5.02. The van der Waals surface area contributed by atoms with E-state index in [2.05, 4.69) is 15.0 Å². The molecule has 0 bridgehead atoms. The molecular weight excluding hydrogens is 292 g/mol. The van der Waals surface area contributed by atoms with Crippen molar-refractivity contribution in [3.63, 3.8) is 0 Å². The fourth-order valence-electron chi connectivity index (χ4n) is 1.44. The standard InChI is InChI=1S/C11H9ClN2O4S/c1-7-6-8(19(12,16)17)2-3-9(7)13-11(15)10-4-5-18-14-10/h2-6H,1H3,(H,13,15). The molecule has 0 aliphatic rings. The smallest absolute Gasteiger partial charge is 0.277 e. The Kier molecular flexibility index (Phi) is 3.59. The first kappa shape index (κ1) is 13.6. The van der Waals surface area contributed by atoms with Gasteiger partial charge in [0.2, 0.25) is 0 Å². The number of carbonyl (C=O) groups excluding carboxylic acids is 1. The largest absolute Gasteiger partial charge is 0.364 e. The molecule has 0 fully saturated rings. The van der Waals surface area contributed by atoms with Crippen molar-refractivity contribution in [2.75, 3.05) is 5.32 Å². The normalized spacial score (nSPS) is 11.3. The Balaban J connectivity index is 2.25. The summed E-state index contributed by atoms with van der Waals surface area (Å²) >= 11 is 0. The van der Waals surface area contributed by atoms with E-state index < -0.39 is 15.0 Å². The Morgan fingerprint density at radius 1 is 1.37 bits per heavy atom. The summed E-state index contributed by atoms with van der Waals surface area (Å²) < 4.78 is 26.9. The molecule has 0 spiro atoms. The Morgan fingerprint density at radius 3 is 2.63 bits per heavy atom. The van der Waals surface area contributed by atoms with Crippen LogP contribution in [0, 0.1) is 6.92 Å². The van der Waals surface area contributed by atoms with E-state index in [0.29, 0.717) is 11.3 Å². The molecular formula is C11H9ClN2O4S. The molecule has 0 unspecified atom stereocenters. The van der Waals surface area contributed by atoms with Gasteiger partial charge in [0.1, 0.15) is 6.26 Å². The number of hydrogen-bond acceptors (Lipinski definition) is 5. The number of amides is 1. The molecule has 6 nitrogen and oxygen atoms in total. The van der Waals surface area contributed by atoms with Crippen LogP contribution in [-0.2, 0) is 9.05 Å². The maximum atomic E-state index is 11.7. The zero-order valence-corrected chi connectivity index (χ0v) is 11.3. The highest BCUT2D eigenvalue weighted by molar-refractivity contribution is 8.13. The highest BCUT2D eigenvalue weighted by Gasteiger charge is 2.14. The monoisotopic (exact) mass is 300 g/mol. The van der Waals surface area contributed by atoms with E-state index in [9.17, 15) is 13.2 Å². The molecule has 1 aromatic carbocycles. The van der Waals surface area contributed by atoms with Gasteiger partial charge in [-0.15, -0.1) is 0 Å². The molecule has 0 atom stereocenters. The van der Waals surface area contributed by atoms with Gasteiger partial charge >= 0.3 is 0 Å². The number of benzene rings is 1. The average molecular weight is 301 g/mol. The molecule has 2 rings (SSSR count). The van der Waals surface area contributed by atoms with Crippen LogP contribution in [0.4, 0.5) is 5.69 Å². The van der Waals surface area contributed by atoms with Crippen LogP contribution in [0.5, 0.6) is 0 Å². The minimum Gasteiger partial charge on any atom is -0.364 e. The third-order valence-electron chi connectivity index (χ3n) is 2.40. The van der Waals surface area contributed by atoms with Gasteiger partial charge in [-0.05, 0) is 30.7 Å². The summed E-state index contributed by atoms with van der Waals surface area (Å²) in [5, 5.41) is 6.09. The number of nitrogens with one attached hydrogen (secondary N) is 1. The first-order chi connectivity index (χ1) is 8.88. The van der Waals surface area contributed by atoms with Gasteiger partial charge in [0, 0.05) is 22.4 Å². The van der Waals surface area contributed by atoms with E-state index in [4.69, 9.17) is 10.7 Å². The van der Waals surface area contributed by atoms with Crippen molar-refractivity contribution in [3.05, 3.63) is 41.8 Å². The summed E-state index contributed by atoms with van der Waals surface area (Å²) in [6.07, 6.45) is 1.28. The van der Waals surface area contributed by atoms with Crippen LogP contribution in [0.25, 0.3) is 0 Å². The van der Waals surface area contributed by atoms with Crippen molar-refractivity contribution >= 4 is 31.3 Å². The Hall–Kier alpha value is -1.86. The van der Waals surface area contributed by atoms with Gasteiger partial charge in [0.15, 0.2) is 5.69 Å². The molecule has 19 heavy (non-hydrogen) atoms. The van der Waals surface area contributed by atoms with Crippen molar-refractivity contribution in [3.8, 4) is 0 Å². The van der Waals surface area contributed by atoms with Crippen LogP contribution in [0.3, 0.4) is 0 Å². The minimum absolute atomic E-state index is 0.0221. The molecule has 0 saturated carbocycles. The van der Waals surface area contributed by atoms with Crippen LogP contribution < -0.4 is 5.32 Å². The van der Waals surface area contributed by atoms with Crippen molar-refractivity contribution in [1.29, 1.82) is 0 Å². The number of aromatic nitrogens is 1. The topological polar surface area (TPSA) is 89.3 Å². The Morgan fingerprint density at radius 2 is 2.11 bits per heavy atom. The van der Waals surface area contributed by atoms with E-state index in [1.165, 1.54) is 30.5 Å². The predicted octanol–water partition coefficient (Wildman–Crippen LogP) is 2.16. The van der Waals surface area contributed by atoms with Gasteiger partial charge in [0.25, 0.3) is 15.0 Å². The van der Waals surface area contributed by atoms with Gasteiger partial charge < -0.3 is 9.84 Å². The van der Waals surface area contributed by atoms with Gasteiger partial charge in [-0.25, -0.2) is 8.42 Å². The minimum atomic E-state index is -3.78. The number of aryl methyl sites for hydroxylation is 1. The second-order valence-electron chi connectivity index (χ2n) is 3.75. The molecule has 1 heterocycles. The number of hydrogen-bond donors (Lipinski definition) is 1. The predicted molar refractivity (Wildman–Crippen MR) is 68.7 cm³/mol. The SMILES string of the molecule is Cc1cc(S(=O)(=O)Cl)ccc1NC(=O)c1ccon1. The molecule has 8 heteroatoms. The van der Waals surface area contributed by atoms with E-state index in [1.54, 1.807) is 6.92 Å². The zero-order valence-electron chi connectivity index (χ0n) is 9.75. The van der Waals surface area contributed by atoms with Gasteiger partial charge in [-0.3, -0.25) is 4.79 Å². The number of carbonyl (C=O) groups is 1. The maximum absolute atomic E-state index is 11.7. The van der Waals surface area contributed by atoms with Gasteiger partial charge in [0.05, 0.1) is 4.90 Å². The fraction of sp³-hybridized carbons (Fsp3) is 0.0909. The first-order valence-electron chi connectivity index (χ1n) is 5.15. The number of anilines is 1. The summed E-state index contributed by atoms with van der Waals surface area (Å²) in [7, 11) is 1.45. The summed E-state index contributed by atoms with van der Waals surface area (Å²) in [4.78, 5) is 11.7. The van der Waals surface area contributed by atoms with Crippen LogP contribution in [0.2, 0.25) is 0 Å². The fourth-order valence-corrected chi connectivity index (χ4v) is 2.28. The number of halogens is 1. The van der Waals surface area contributed by atoms with Crippen LogP contribution >= 0.6 is 10.7 Å². The summed E-state index contributed by atoms with van der Waals surface area (Å²) in [5.74, 6) is -0.446. The third kappa shape index (κ3) is 3.12. The number of nitrogens with zero attached hydrogens (tertiary/aromatic N) is 1. The molecule has 1 aromatic heterocycles. The van der Waals surface area contributed by atoms with Crippen LogP contribution in [0.15, 0.2) is 39.9 Å². The highest BCUT2D eigenvalue weighted by Crippen LogP contribution is 2.22. The summed E-state index contributed by atoms with van der Waals surface area (Å²) in [6, 6.07) is 5.57. The van der Waals surface area contributed by atoms with E-state index in [0.717, 1.165) is 0 Å². The highest BCUT2D eigenvalue weighted by atomic mass is 35.7. The Labute approximate surface area is 113 Å². The summed E-state index contributed by atoms with van der Waals surface area (Å²) in [5.41, 5.74) is 1.17. The first-order valence-corrected chi connectivity index (χ1v) is 7.46. The van der Waals surface area contributed by atoms with Crippen LogP contribution in [0.1, 0.15) is 16.1 Å².